The molecular formula is C24H23ClN8O3. The summed E-state index contributed by atoms with van der Waals surface area (Å²) in [5.74, 6) is 0.149. The number of H-pyrrole nitrogens is 1. The van der Waals surface area contributed by atoms with Crippen LogP contribution < -0.4 is 15.8 Å². The quantitative estimate of drug-likeness (QED) is 0.262. The van der Waals surface area contributed by atoms with Crippen LogP contribution in [-0.4, -0.2) is 47.4 Å². The molecule has 11 nitrogen and oxygen atoms in total. The number of fused-ring (bicyclic) bond motifs is 2. The summed E-state index contributed by atoms with van der Waals surface area (Å²) in [7, 11) is 0. The number of pyridine rings is 1. The number of hydrogen-bond acceptors (Lipinski definition) is 8. The summed E-state index contributed by atoms with van der Waals surface area (Å²) in [6.07, 6.45) is 6.49. The van der Waals surface area contributed by atoms with Crippen LogP contribution in [-0.2, 0) is 6.61 Å². The van der Waals surface area contributed by atoms with Crippen LogP contribution in [0.25, 0.3) is 27.8 Å². The second-order valence-electron chi connectivity index (χ2n) is 8.14. The number of nitrogens with two attached hydrogens (primary N) is 1. The molecule has 0 saturated carbocycles. The average Bonchev–Trinajstić information content (AvgIpc) is 3.49. The van der Waals surface area contributed by atoms with E-state index in [4.69, 9.17) is 22.1 Å². The molecule has 12 heteroatoms. The third kappa shape index (κ3) is 4.08. The molecule has 1 amide bonds. The van der Waals surface area contributed by atoms with E-state index in [0.717, 1.165) is 5.39 Å². The minimum atomic E-state index is -0.493. The van der Waals surface area contributed by atoms with Crippen LogP contribution in [0.2, 0.25) is 5.02 Å². The SMILES string of the molecule is CCOc1c(C(C)NC(=O)c2c(N)nn3ccc(-c4cncc(CO)c4)nc23)cc(Cl)c2cn[nH]c12. The maximum atomic E-state index is 13.4. The Balaban J connectivity index is 1.51. The van der Waals surface area contributed by atoms with E-state index in [1.165, 1.54) is 4.52 Å². The molecule has 0 fully saturated rings. The van der Waals surface area contributed by atoms with Crippen LogP contribution in [0.3, 0.4) is 0 Å². The van der Waals surface area contributed by atoms with Gasteiger partial charge >= 0.3 is 0 Å². The molecular weight excluding hydrogens is 484 g/mol. The molecule has 0 radical (unpaired) electrons. The average molecular weight is 507 g/mol. The number of benzene rings is 1. The van der Waals surface area contributed by atoms with Crippen molar-refractivity contribution < 1.29 is 14.6 Å². The summed E-state index contributed by atoms with van der Waals surface area (Å²) in [6, 6.07) is 4.77. The number of aliphatic hydroxyl groups is 1. The molecule has 184 valence electrons. The van der Waals surface area contributed by atoms with Crippen molar-refractivity contribution in [1.29, 1.82) is 0 Å². The number of aromatic amines is 1. The summed E-state index contributed by atoms with van der Waals surface area (Å²) in [5, 5.41) is 24.8. The second-order valence-corrected chi connectivity index (χ2v) is 8.55. The molecule has 0 aliphatic carbocycles. The monoisotopic (exact) mass is 506 g/mol. The minimum absolute atomic E-state index is 0.0404. The molecule has 0 spiro atoms. The number of aliphatic hydroxyl groups excluding tert-OH is 1. The molecule has 1 unspecified atom stereocenters. The molecule has 0 aliphatic heterocycles. The standard InChI is InChI=1S/C24H23ClN8O3/c1-3-36-21-15(7-17(25)16-10-28-31-20(16)21)12(2)29-24(35)19-22(26)32-33-5-4-18(30-23(19)33)14-6-13(11-34)8-27-9-14/h4-10,12,34H,3,11H2,1-2H3,(H2,26,32)(H,28,31)(H,29,35). The van der Waals surface area contributed by atoms with Crippen LogP contribution in [0.1, 0.15) is 41.4 Å². The lowest BCUT2D eigenvalue weighted by molar-refractivity contribution is 0.0942. The van der Waals surface area contributed by atoms with Gasteiger partial charge in [0.05, 0.1) is 36.2 Å². The lowest BCUT2D eigenvalue weighted by Gasteiger charge is -2.19. The Morgan fingerprint density at radius 2 is 2.17 bits per heavy atom. The van der Waals surface area contributed by atoms with Crippen molar-refractivity contribution in [2.24, 2.45) is 0 Å². The van der Waals surface area contributed by atoms with Gasteiger partial charge in [0.15, 0.2) is 11.5 Å². The lowest BCUT2D eigenvalue weighted by atomic mass is 10.0. The Labute approximate surface area is 210 Å². The molecule has 1 aromatic carbocycles. The highest BCUT2D eigenvalue weighted by Gasteiger charge is 2.25. The zero-order valence-electron chi connectivity index (χ0n) is 19.5. The highest BCUT2D eigenvalue weighted by Crippen LogP contribution is 2.37. The summed E-state index contributed by atoms with van der Waals surface area (Å²) in [4.78, 5) is 22.2. The summed E-state index contributed by atoms with van der Waals surface area (Å²) < 4.78 is 7.32. The normalized spacial score (nSPS) is 12.2. The number of carbonyl (C=O) groups is 1. The maximum absolute atomic E-state index is 13.4. The fourth-order valence-corrected chi connectivity index (χ4v) is 4.33. The fourth-order valence-electron chi connectivity index (χ4n) is 4.07. The largest absolute Gasteiger partial charge is 0.491 e. The number of anilines is 1. The first-order chi connectivity index (χ1) is 17.4. The van der Waals surface area contributed by atoms with Crippen molar-refractivity contribution in [2.75, 3.05) is 12.3 Å². The molecule has 5 rings (SSSR count). The second kappa shape index (κ2) is 9.44. The number of aromatic nitrogens is 6. The van der Waals surface area contributed by atoms with E-state index in [-0.39, 0.29) is 23.6 Å². The predicted octanol–water partition coefficient (Wildman–Crippen LogP) is 3.29. The third-order valence-corrected chi connectivity index (χ3v) is 6.10. The highest BCUT2D eigenvalue weighted by atomic mass is 35.5. The molecule has 5 aromatic rings. The van der Waals surface area contributed by atoms with Crippen molar-refractivity contribution in [3.63, 3.8) is 0 Å². The Bertz CT molecular complexity index is 1600. The van der Waals surface area contributed by atoms with Gasteiger partial charge in [0.2, 0.25) is 0 Å². The van der Waals surface area contributed by atoms with E-state index >= 15 is 0 Å². The zero-order chi connectivity index (χ0) is 25.4. The van der Waals surface area contributed by atoms with Crippen LogP contribution in [0.15, 0.2) is 43.0 Å². The molecule has 5 N–H and O–H groups in total. The Morgan fingerprint density at radius 3 is 2.94 bits per heavy atom. The van der Waals surface area contributed by atoms with E-state index in [1.54, 1.807) is 43.0 Å². The van der Waals surface area contributed by atoms with Gasteiger partial charge in [-0.05, 0) is 37.6 Å². The first kappa shape index (κ1) is 23.5. The smallest absolute Gasteiger partial charge is 0.259 e. The number of carbonyl (C=O) groups excluding carboxylic acids is 1. The van der Waals surface area contributed by atoms with Gasteiger partial charge < -0.3 is 20.9 Å². The van der Waals surface area contributed by atoms with Crippen molar-refractivity contribution >= 4 is 39.9 Å². The van der Waals surface area contributed by atoms with E-state index in [9.17, 15) is 9.90 Å². The van der Waals surface area contributed by atoms with Crippen LogP contribution >= 0.6 is 11.6 Å². The van der Waals surface area contributed by atoms with Gasteiger partial charge in [-0.2, -0.15) is 5.10 Å². The number of halogens is 1. The number of nitrogens with one attached hydrogen (secondary N) is 2. The van der Waals surface area contributed by atoms with Gasteiger partial charge in [-0.3, -0.25) is 14.9 Å². The van der Waals surface area contributed by atoms with Gasteiger partial charge in [-0.15, -0.1) is 5.10 Å². The molecule has 0 bridgehead atoms. The van der Waals surface area contributed by atoms with Gasteiger partial charge in [0.1, 0.15) is 16.8 Å². The van der Waals surface area contributed by atoms with Crippen LogP contribution in [0.4, 0.5) is 5.82 Å². The lowest BCUT2D eigenvalue weighted by Crippen LogP contribution is -2.27. The topological polar surface area (TPSA) is 156 Å². The predicted molar refractivity (Wildman–Crippen MR) is 135 cm³/mol. The number of amides is 1. The van der Waals surface area contributed by atoms with Crippen molar-refractivity contribution in [1.82, 2.24) is 35.1 Å². The minimum Gasteiger partial charge on any atom is -0.491 e. The van der Waals surface area contributed by atoms with E-state index in [0.29, 0.717) is 45.3 Å². The molecule has 4 aromatic heterocycles. The number of ether oxygens (including phenoxy) is 1. The number of nitrogen functional groups attached to an aromatic ring is 1. The first-order valence-electron chi connectivity index (χ1n) is 11.2. The summed E-state index contributed by atoms with van der Waals surface area (Å²) in [6.45, 7) is 3.97. The Kier molecular flexibility index (Phi) is 6.17. The Hall–Kier alpha value is -4.22. The van der Waals surface area contributed by atoms with Crippen molar-refractivity contribution in [3.05, 3.63) is 64.7 Å². The summed E-state index contributed by atoms with van der Waals surface area (Å²) in [5.41, 5.74) is 9.78. The van der Waals surface area contributed by atoms with Gasteiger partial charge in [0.25, 0.3) is 5.91 Å². The molecule has 1 atom stereocenters. The first-order valence-corrected chi connectivity index (χ1v) is 11.6. The third-order valence-electron chi connectivity index (χ3n) is 5.78. The van der Waals surface area contributed by atoms with Gasteiger partial charge in [0, 0.05) is 35.1 Å². The van der Waals surface area contributed by atoms with Crippen LogP contribution in [0.5, 0.6) is 5.75 Å². The van der Waals surface area contributed by atoms with E-state index < -0.39 is 11.9 Å². The molecule has 4 heterocycles. The van der Waals surface area contributed by atoms with Gasteiger partial charge in [-0.25, -0.2) is 9.50 Å². The van der Waals surface area contributed by atoms with E-state index in [1.807, 2.05) is 13.8 Å². The molecule has 0 saturated heterocycles. The van der Waals surface area contributed by atoms with Crippen LogP contribution in [0, 0.1) is 0 Å². The number of hydrogen-bond donors (Lipinski definition) is 4. The van der Waals surface area contributed by atoms with Crippen molar-refractivity contribution in [3.8, 4) is 17.0 Å². The molecule has 0 aliphatic rings. The van der Waals surface area contributed by atoms with Crippen molar-refractivity contribution in [2.45, 2.75) is 26.5 Å². The van der Waals surface area contributed by atoms with Gasteiger partial charge in [-0.1, -0.05) is 11.6 Å². The maximum Gasteiger partial charge on any atom is 0.259 e. The fraction of sp³-hybridized carbons (Fsp3) is 0.208. The zero-order valence-corrected chi connectivity index (χ0v) is 20.2. The number of nitrogens with zero attached hydrogens (tertiary/aromatic N) is 5. The van der Waals surface area contributed by atoms with E-state index in [2.05, 4.69) is 30.6 Å². The summed E-state index contributed by atoms with van der Waals surface area (Å²) >= 11 is 6.46. The molecule has 36 heavy (non-hydrogen) atoms. The number of rotatable bonds is 7. The Morgan fingerprint density at radius 1 is 1.33 bits per heavy atom. The highest BCUT2D eigenvalue weighted by molar-refractivity contribution is 6.35.